The molecule has 0 unspecified atom stereocenters. The first-order chi connectivity index (χ1) is 14.1. The highest BCUT2D eigenvalue weighted by Gasteiger charge is 2.18. The second-order valence-electron chi connectivity index (χ2n) is 6.78. The molecule has 0 radical (unpaired) electrons. The van der Waals surface area contributed by atoms with Crippen molar-refractivity contribution in [2.75, 3.05) is 12.3 Å². The predicted molar refractivity (Wildman–Crippen MR) is 118 cm³/mol. The number of aryl methyl sites for hydroxylation is 1. The van der Waals surface area contributed by atoms with Gasteiger partial charge in [0.05, 0.1) is 22.9 Å². The Bertz CT molecular complexity index is 960. The topological polar surface area (TPSA) is 59.2 Å². The second kappa shape index (κ2) is 10.5. The maximum absolute atomic E-state index is 12.7. The molecule has 0 fully saturated rings. The number of carbonyl (C=O) groups is 1. The molecular weight excluding hydrogens is 406 g/mol. The minimum Gasteiger partial charge on any atom is -0.419 e. The van der Waals surface area contributed by atoms with E-state index in [4.69, 9.17) is 16.0 Å². The summed E-state index contributed by atoms with van der Waals surface area (Å²) in [5, 5.41) is 8.74. The molecule has 7 heteroatoms. The molecule has 3 rings (SSSR count). The molecule has 1 aromatic heterocycles. The molecule has 2 aromatic carbocycles. The van der Waals surface area contributed by atoms with Gasteiger partial charge in [-0.1, -0.05) is 60.5 Å². The van der Waals surface area contributed by atoms with E-state index < -0.39 is 0 Å². The fraction of sp³-hybridized carbons (Fsp3) is 0.318. The summed E-state index contributed by atoms with van der Waals surface area (Å²) in [6.07, 6.45) is 0.861. The Morgan fingerprint density at radius 3 is 2.76 bits per heavy atom. The van der Waals surface area contributed by atoms with Gasteiger partial charge >= 0.3 is 0 Å². The van der Waals surface area contributed by atoms with Crippen molar-refractivity contribution >= 4 is 29.3 Å². The van der Waals surface area contributed by atoms with Gasteiger partial charge in [0.1, 0.15) is 0 Å². The quantitative estimate of drug-likeness (QED) is 0.457. The molecule has 0 bridgehead atoms. The summed E-state index contributed by atoms with van der Waals surface area (Å²) in [5.74, 6) is 2.07. The van der Waals surface area contributed by atoms with Crippen LogP contribution in [0, 0.1) is 6.92 Å². The third kappa shape index (κ3) is 6.08. The molecule has 0 atom stereocenters. The van der Waals surface area contributed by atoms with Crippen molar-refractivity contribution in [3.8, 4) is 11.5 Å². The number of hydrogen-bond acceptors (Lipinski definition) is 5. The Kier molecular flexibility index (Phi) is 7.72. The van der Waals surface area contributed by atoms with Crippen molar-refractivity contribution in [1.82, 2.24) is 15.1 Å². The maximum Gasteiger partial charge on any atom is 0.249 e. The van der Waals surface area contributed by atoms with Crippen LogP contribution in [-0.2, 0) is 17.1 Å². The van der Waals surface area contributed by atoms with Gasteiger partial charge in [-0.15, -0.1) is 22.0 Å². The smallest absolute Gasteiger partial charge is 0.249 e. The van der Waals surface area contributed by atoms with Crippen LogP contribution >= 0.6 is 23.4 Å². The van der Waals surface area contributed by atoms with Crippen LogP contribution in [0.5, 0.6) is 0 Å². The SMILES string of the molecule is CCCN(Cc1nnc(-c2ccccc2Cl)o1)C(=O)CSCc1cccc(C)c1. The van der Waals surface area contributed by atoms with Gasteiger partial charge in [-0.3, -0.25) is 4.79 Å². The molecule has 1 amide bonds. The van der Waals surface area contributed by atoms with Crippen molar-refractivity contribution in [1.29, 1.82) is 0 Å². The highest BCUT2D eigenvalue weighted by atomic mass is 35.5. The lowest BCUT2D eigenvalue weighted by molar-refractivity contribution is -0.129. The molecule has 0 aliphatic heterocycles. The van der Waals surface area contributed by atoms with Crippen molar-refractivity contribution in [3.63, 3.8) is 0 Å². The van der Waals surface area contributed by atoms with E-state index in [9.17, 15) is 4.79 Å². The van der Waals surface area contributed by atoms with E-state index in [1.807, 2.05) is 31.2 Å². The van der Waals surface area contributed by atoms with Crippen molar-refractivity contribution < 1.29 is 9.21 Å². The number of thioether (sulfide) groups is 1. The average molecular weight is 430 g/mol. The lowest BCUT2D eigenvalue weighted by atomic mass is 10.2. The number of halogens is 1. The molecule has 0 saturated carbocycles. The number of aromatic nitrogens is 2. The zero-order chi connectivity index (χ0) is 20.6. The van der Waals surface area contributed by atoms with Crippen LogP contribution in [-0.4, -0.2) is 33.3 Å². The van der Waals surface area contributed by atoms with E-state index in [0.717, 1.165) is 12.2 Å². The number of nitrogens with zero attached hydrogens (tertiary/aromatic N) is 3. The van der Waals surface area contributed by atoms with Crippen molar-refractivity contribution in [3.05, 3.63) is 70.6 Å². The average Bonchev–Trinajstić information content (AvgIpc) is 3.16. The van der Waals surface area contributed by atoms with Crippen LogP contribution in [0.4, 0.5) is 0 Å². The lowest BCUT2D eigenvalue weighted by Gasteiger charge is -2.20. The number of carbonyl (C=O) groups excluding carboxylic acids is 1. The first-order valence-electron chi connectivity index (χ1n) is 9.55. The number of amides is 1. The highest BCUT2D eigenvalue weighted by molar-refractivity contribution is 7.99. The lowest BCUT2D eigenvalue weighted by Crippen LogP contribution is -2.32. The predicted octanol–water partition coefficient (Wildman–Crippen LogP) is 5.37. The molecule has 5 nitrogen and oxygen atoms in total. The monoisotopic (exact) mass is 429 g/mol. The zero-order valence-electron chi connectivity index (χ0n) is 16.6. The molecule has 3 aromatic rings. The van der Waals surface area contributed by atoms with E-state index in [1.54, 1.807) is 22.7 Å². The minimum atomic E-state index is 0.0713. The molecule has 0 spiro atoms. The first-order valence-corrected chi connectivity index (χ1v) is 11.1. The molecule has 0 N–H and O–H groups in total. The number of benzene rings is 2. The van der Waals surface area contributed by atoms with Gasteiger partial charge in [0.15, 0.2) is 0 Å². The summed E-state index contributed by atoms with van der Waals surface area (Å²) in [7, 11) is 0. The number of hydrogen-bond donors (Lipinski definition) is 0. The second-order valence-corrected chi connectivity index (χ2v) is 8.17. The van der Waals surface area contributed by atoms with E-state index in [1.165, 1.54) is 11.1 Å². The summed E-state index contributed by atoms with van der Waals surface area (Å²) in [4.78, 5) is 14.5. The molecule has 1 heterocycles. The summed E-state index contributed by atoms with van der Waals surface area (Å²) >= 11 is 7.81. The van der Waals surface area contributed by atoms with Gasteiger partial charge in [0.25, 0.3) is 0 Å². The van der Waals surface area contributed by atoms with Crippen LogP contribution in [0.1, 0.15) is 30.4 Å². The fourth-order valence-corrected chi connectivity index (χ4v) is 4.03. The maximum atomic E-state index is 12.7. The first kappa shape index (κ1) is 21.4. The van der Waals surface area contributed by atoms with E-state index in [2.05, 4.69) is 35.3 Å². The van der Waals surface area contributed by atoms with E-state index >= 15 is 0 Å². The van der Waals surface area contributed by atoms with Crippen molar-refractivity contribution in [2.24, 2.45) is 0 Å². The van der Waals surface area contributed by atoms with Crippen LogP contribution < -0.4 is 0 Å². The largest absolute Gasteiger partial charge is 0.419 e. The van der Waals surface area contributed by atoms with Gasteiger partial charge in [0.2, 0.25) is 17.7 Å². The van der Waals surface area contributed by atoms with Gasteiger partial charge in [-0.2, -0.15) is 0 Å². The van der Waals surface area contributed by atoms with E-state index in [0.29, 0.717) is 41.2 Å². The standard InChI is InChI=1S/C22H24ClN3O2S/c1-3-11-26(21(27)15-29-14-17-8-6-7-16(2)12-17)13-20-24-25-22(28-20)18-9-4-5-10-19(18)23/h4-10,12H,3,11,13-15H2,1-2H3. The molecule has 0 saturated heterocycles. The van der Waals surface area contributed by atoms with Gasteiger partial charge in [-0.05, 0) is 31.0 Å². The molecule has 152 valence electrons. The number of rotatable bonds is 9. The van der Waals surface area contributed by atoms with Gasteiger partial charge in [-0.25, -0.2) is 0 Å². The summed E-state index contributed by atoms with van der Waals surface area (Å²) in [6.45, 7) is 5.06. The molecule has 0 aliphatic carbocycles. The third-order valence-corrected chi connectivity index (χ3v) is 5.64. The highest BCUT2D eigenvalue weighted by Crippen LogP contribution is 2.26. The zero-order valence-corrected chi connectivity index (χ0v) is 18.2. The summed E-state index contributed by atoms with van der Waals surface area (Å²) in [6, 6.07) is 15.7. The van der Waals surface area contributed by atoms with Crippen LogP contribution in [0.3, 0.4) is 0 Å². The molecule has 0 aliphatic rings. The third-order valence-electron chi connectivity index (χ3n) is 4.32. The Morgan fingerprint density at radius 1 is 1.17 bits per heavy atom. The van der Waals surface area contributed by atoms with E-state index in [-0.39, 0.29) is 5.91 Å². The normalized spacial score (nSPS) is 10.9. The van der Waals surface area contributed by atoms with Gasteiger partial charge < -0.3 is 9.32 Å². The molecule has 29 heavy (non-hydrogen) atoms. The van der Waals surface area contributed by atoms with Crippen LogP contribution in [0.25, 0.3) is 11.5 Å². The Morgan fingerprint density at radius 2 is 2.00 bits per heavy atom. The Labute approximate surface area is 180 Å². The summed E-state index contributed by atoms with van der Waals surface area (Å²) < 4.78 is 5.76. The van der Waals surface area contributed by atoms with Crippen LogP contribution in [0.2, 0.25) is 5.02 Å². The Balaban J connectivity index is 1.59. The molecular formula is C22H24ClN3O2S. The summed E-state index contributed by atoms with van der Waals surface area (Å²) in [5.41, 5.74) is 3.15. The Hall–Kier alpha value is -2.31. The minimum absolute atomic E-state index is 0.0713. The van der Waals surface area contributed by atoms with Gasteiger partial charge in [0, 0.05) is 12.3 Å². The van der Waals surface area contributed by atoms with Crippen LogP contribution in [0.15, 0.2) is 52.9 Å². The van der Waals surface area contributed by atoms with Crippen molar-refractivity contribution in [2.45, 2.75) is 32.6 Å². The fourth-order valence-electron chi connectivity index (χ4n) is 2.94.